The van der Waals surface area contributed by atoms with Gasteiger partial charge in [0.15, 0.2) is 16.6 Å². The van der Waals surface area contributed by atoms with Crippen LogP contribution in [0.5, 0.6) is 0 Å². The zero-order chi connectivity index (χ0) is 21.4. The Morgan fingerprint density at radius 2 is 1.31 bits per heavy atom. The van der Waals surface area contributed by atoms with Crippen LogP contribution in [0.15, 0.2) is 36.4 Å². The van der Waals surface area contributed by atoms with E-state index in [0.29, 0.717) is 0 Å². The molecule has 0 atom stereocenters. The molecule has 1 amide bonds. The van der Waals surface area contributed by atoms with Gasteiger partial charge in [-0.2, -0.15) is 0 Å². The standard InChI is InChI=1S/C22H35NO3Si3/c1-27(2,3)25-29(7,26-28(4,5)6)21-17-19-13-9-8-12-18(19)16-20(21)22(24)23-14-10-11-15-23/h8-9,12-13,16-17H,10-11,14-15H2,1-7H3. The van der Waals surface area contributed by atoms with Crippen LogP contribution in [-0.4, -0.2) is 49.1 Å². The first-order valence-corrected chi connectivity index (χ1v) is 19.7. The number of hydrogen-bond acceptors (Lipinski definition) is 3. The van der Waals surface area contributed by atoms with E-state index in [9.17, 15) is 4.79 Å². The maximum absolute atomic E-state index is 13.5. The summed E-state index contributed by atoms with van der Waals surface area (Å²) in [5.74, 6) is 0.125. The summed E-state index contributed by atoms with van der Waals surface area (Å²) in [4.78, 5) is 15.5. The number of carbonyl (C=O) groups excluding carboxylic acids is 1. The van der Waals surface area contributed by atoms with Crippen molar-refractivity contribution in [1.29, 1.82) is 0 Å². The smallest absolute Gasteiger partial charge is 0.349 e. The van der Waals surface area contributed by atoms with Crippen molar-refractivity contribution < 1.29 is 13.0 Å². The lowest BCUT2D eigenvalue weighted by Gasteiger charge is -2.39. The minimum Gasteiger partial charge on any atom is -0.433 e. The minimum atomic E-state index is -2.80. The van der Waals surface area contributed by atoms with Gasteiger partial charge in [-0.1, -0.05) is 24.3 Å². The van der Waals surface area contributed by atoms with Gasteiger partial charge >= 0.3 is 8.56 Å². The molecule has 2 aromatic carbocycles. The van der Waals surface area contributed by atoms with Crippen LogP contribution in [0.1, 0.15) is 23.2 Å². The molecule has 0 aromatic heterocycles. The third-order valence-corrected chi connectivity index (χ3v) is 14.4. The minimum absolute atomic E-state index is 0.125. The Balaban J connectivity index is 2.21. The summed E-state index contributed by atoms with van der Waals surface area (Å²) >= 11 is 0. The van der Waals surface area contributed by atoms with Crippen molar-refractivity contribution in [2.75, 3.05) is 13.1 Å². The van der Waals surface area contributed by atoms with Crippen LogP contribution in [0, 0.1) is 0 Å². The summed E-state index contributed by atoms with van der Waals surface area (Å²) in [6.07, 6.45) is 2.17. The molecule has 1 aliphatic rings. The Labute approximate surface area is 178 Å². The molecule has 0 aliphatic carbocycles. The van der Waals surface area contributed by atoms with Gasteiger partial charge in [-0.25, -0.2) is 0 Å². The topological polar surface area (TPSA) is 38.8 Å². The summed E-state index contributed by atoms with van der Waals surface area (Å²) in [6, 6.07) is 12.5. The van der Waals surface area contributed by atoms with Crippen LogP contribution >= 0.6 is 0 Å². The molecule has 0 spiro atoms. The highest BCUT2D eigenvalue weighted by Gasteiger charge is 2.45. The van der Waals surface area contributed by atoms with E-state index in [-0.39, 0.29) is 5.91 Å². The van der Waals surface area contributed by atoms with Crippen LogP contribution in [0.2, 0.25) is 45.8 Å². The number of likely N-dealkylation sites (tertiary alicyclic amines) is 1. The average Bonchev–Trinajstić information content (AvgIpc) is 3.11. The van der Waals surface area contributed by atoms with Gasteiger partial charge in [0.25, 0.3) is 5.91 Å². The van der Waals surface area contributed by atoms with E-state index < -0.39 is 25.2 Å². The van der Waals surface area contributed by atoms with Gasteiger partial charge in [0, 0.05) is 23.8 Å². The van der Waals surface area contributed by atoms with Gasteiger partial charge < -0.3 is 13.1 Å². The largest absolute Gasteiger partial charge is 0.433 e. The van der Waals surface area contributed by atoms with E-state index in [1.165, 1.54) is 0 Å². The van der Waals surface area contributed by atoms with E-state index in [0.717, 1.165) is 47.5 Å². The maximum Gasteiger partial charge on any atom is 0.349 e. The second-order valence-electron chi connectivity index (χ2n) is 10.1. The van der Waals surface area contributed by atoms with Crippen LogP contribution in [-0.2, 0) is 8.23 Å². The summed E-state index contributed by atoms with van der Waals surface area (Å²) in [5, 5.41) is 3.23. The average molecular weight is 446 g/mol. The maximum atomic E-state index is 13.5. The molecular formula is C22H35NO3Si3. The predicted molar refractivity (Wildman–Crippen MR) is 129 cm³/mol. The van der Waals surface area contributed by atoms with E-state index in [4.69, 9.17) is 8.23 Å². The molecule has 1 fully saturated rings. The first-order chi connectivity index (χ1) is 13.4. The van der Waals surface area contributed by atoms with Crippen LogP contribution < -0.4 is 5.19 Å². The highest BCUT2D eigenvalue weighted by molar-refractivity contribution is 6.94. The second-order valence-corrected chi connectivity index (χ2v) is 22.6. The zero-order valence-electron chi connectivity index (χ0n) is 19.0. The molecule has 1 saturated heterocycles. The second kappa shape index (κ2) is 8.11. The molecule has 158 valence electrons. The van der Waals surface area contributed by atoms with Gasteiger partial charge in [0.05, 0.1) is 0 Å². The van der Waals surface area contributed by atoms with Crippen LogP contribution in [0.3, 0.4) is 0 Å². The number of fused-ring (bicyclic) bond motifs is 1. The third kappa shape index (κ3) is 5.46. The number of benzene rings is 2. The molecule has 4 nitrogen and oxygen atoms in total. The van der Waals surface area contributed by atoms with Gasteiger partial charge in [0.2, 0.25) is 0 Å². The molecule has 0 bridgehead atoms. The van der Waals surface area contributed by atoms with Crippen molar-refractivity contribution >= 4 is 47.1 Å². The molecule has 3 rings (SSSR count). The quantitative estimate of drug-likeness (QED) is 0.584. The third-order valence-electron chi connectivity index (χ3n) is 5.00. The SMILES string of the molecule is C[Si](C)(C)O[Si](C)(O[Si](C)(C)C)c1cc2ccccc2cc1C(=O)N1CCCC1. The lowest BCUT2D eigenvalue weighted by Crippen LogP contribution is -2.61. The summed E-state index contributed by atoms with van der Waals surface area (Å²) < 4.78 is 13.6. The van der Waals surface area contributed by atoms with E-state index in [1.807, 2.05) is 17.0 Å². The fourth-order valence-corrected chi connectivity index (χ4v) is 16.0. The molecule has 0 radical (unpaired) electrons. The fraction of sp³-hybridized carbons (Fsp3) is 0.500. The van der Waals surface area contributed by atoms with Gasteiger partial charge in [-0.15, -0.1) is 0 Å². The Kier molecular flexibility index (Phi) is 6.27. The first kappa shape index (κ1) is 22.4. The summed E-state index contributed by atoms with van der Waals surface area (Å²) in [5.41, 5.74) is 0.774. The number of carbonyl (C=O) groups is 1. The lowest BCUT2D eigenvalue weighted by atomic mass is 10.1. The fourth-order valence-electron chi connectivity index (χ4n) is 4.18. The highest BCUT2D eigenvalue weighted by Crippen LogP contribution is 2.26. The van der Waals surface area contributed by atoms with Gasteiger partial charge in [0.1, 0.15) is 0 Å². The number of nitrogens with zero attached hydrogens (tertiary/aromatic N) is 1. The van der Waals surface area contributed by atoms with E-state index >= 15 is 0 Å². The van der Waals surface area contributed by atoms with Gasteiger partial charge in [-0.3, -0.25) is 4.79 Å². The number of rotatable bonds is 6. The van der Waals surface area contributed by atoms with E-state index in [1.54, 1.807) is 0 Å². The van der Waals surface area contributed by atoms with Crippen molar-refractivity contribution in [1.82, 2.24) is 4.90 Å². The van der Waals surface area contributed by atoms with Crippen molar-refractivity contribution in [3.05, 3.63) is 42.0 Å². The summed E-state index contributed by atoms with van der Waals surface area (Å²) in [7, 11) is -6.59. The zero-order valence-corrected chi connectivity index (χ0v) is 22.0. The van der Waals surface area contributed by atoms with Crippen LogP contribution in [0.25, 0.3) is 10.8 Å². The van der Waals surface area contributed by atoms with Crippen LogP contribution in [0.4, 0.5) is 0 Å². The highest BCUT2D eigenvalue weighted by atomic mass is 28.5. The molecule has 0 N–H and O–H groups in total. The monoisotopic (exact) mass is 445 g/mol. The molecule has 7 heteroatoms. The molecule has 0 saturated carbocycles. The molecule has 2 aromatic rings. The molecule has 29 heavy (non-hydrogen) atoms. The van der Waals surface area contributed by atoms with Crippen molar-refractivity contribution in [3.8, 4) is 0 Å². The lowest BCUT2D eigenvalue weighted by molar-refractivity contribution is 0.0793. The number of hydrogen-bond donors (Lipinski definition) is 0. The molecule has 1 heterocycles. The van der Waals surface area contributed by atoms with Crippen molar-refractivity contribution in [2.45, 2.75) is 58.7 Å². The van der Waals surface area contributed by atoms with Gasteiger partial charge in [-0.05, 0) is 81.6 Å². The molecule has 0 unspecified atom stereocenters. The Morgan fingerprint density at radius 3 is 1.79 bits per heavy atom. The Hall–Kier alpha value is -1.26. The Morgan fingerprint density at radius 1 is 0.828 bits per heavy atom. The summed E-state index contributed by atoms with van der Waals surface area (Å²) in [6.45, 7) is 17.0. The van der Waals surface area contributed by atoms with Crippen molar-refractivity contribution in [2.24, 2.45) is 0 Å². The first-order valence-electron chi connectivity index (χ1n) is 10.6. The molecular weight excluding hydrogens is 411 g/mol. The normalized spacial score (nSPS) is 15.9. The molecule has 1 aliphatic heterocycles. The van der Waals surface area contributed by atoms with Crippen molar-refractivity contribution in [3.63, 3.8) is 0 Å². The number of amides is 1. The predicted octanol–water partition coefficient (Wildman–Crippen LogP) is 5.06. The Bertz CT molecular complexity index is 880. The van der Waals surface area contributed by atoms with E-state index in [2.05, 4.69) is 70.1 Å².